The van der Waals surface area contributed by atoms with Crippen LogP contribution >= 0.6 is 35.0 Å². The largest absolute Gasteiger partial charge is 0.406 e. The zero-order valence-corrected chi connectivity index (χ0v) is 27.7. The minimum atomic E-state index is -2.72. The number of rotatable bonds is 9. The number of hydrogen-bond acceptors (Lipinski definition) is 6. The second-order valence-corrected chi connectivity index (χ2v) is 18.1. The number of halogens is 2. The Bertz CT molecular complexity index is 1630. The molecule has 1 unspecified atom stereocenters. The van der Waals surface area contributed by atoms with Crippen LogP contribution in [-0.2, 0) is 15.8 Å². The molecule has 10 heteroatoms. The van der Waals surface area contributed by atoms with Crippen molar-refractivity contribution in [3.63, 3.8) is 0 Å². The predicted molar refractivity (Wildman–Crippen MR) is 179 cm³/mol. The first-order chi connectivity index (χ1) is 20.8. The van der Waals surface area contributed by atoms with Crippen LogP contribution in [0.5, 0.6) is 0 Å². The van der Waals surface area contributed by atoms with Crippen molar-refractivity contribution in [2.75, 3.05) is 12.4 Å². The van der Waals surface area contributed by atoms with E-state index in [4.69, 9.17) is 32.4 Å². The lowest BCUT2D eigenvalue weighted by atomic mass is 10.1. The van der Waals surface area contributed by atoms with Crippen molar-refractivity contribution in [1.82, 2.24) is 19.5 Å². The number of nitrogens with zero attached hydrogens (tertiary/aromatic N) is 4. The van der Waals surface area contributed by atoms with Crippen molar-refractivity contribution in [2.45, 2.75) is 49.8 Å². The Labute approximate surface area is 267 Å². The Morgan fingerprint density at radius 3 is 2.09 bits per heavy atom. The summed E-state index contributed by atoms with van der Waals surface area (Å²) >= 11 is 14.5. The highest BCUT2D eigenvalue weighted by molar-refractivity contribution is 8.00. The van der Waals surface area contributed by atoms with E-state index in [1.807, 2.05) is 34.5 Å². The molecule has 0 aliphatic carbocycles. The van der Waals surface area contributed by atoms with E-state index in [1.54, 1.807) is 6.33 Å². The molecule has 3 atom stereocenters. The van der Waals surface area contributed by atoms with Crippen LogP contribution in [0.3, 0.4) is 0 Å². The van der Waals surface area contributed by atoms with Crippen LogP contribution in [-0.4, -0.2) is 51.6 Å². The molecule has 222 valence electrons. The van der Waals surface area contributed by atoms with Crippen LogP contribution in [0.1, 0.15) is 32.4 Å². The molecule has 1 aliphatic rings. The standard InChI is InChI=1S/C33H34Cl2N4O2SSi/c1-33(2,3)43(24-15-9-5-10-16-24,25-17-11-6-12-18-25)41-20-27-29(40-19-23-13-7-4-8-14-23)26(21-42-27)39-22-36-28-30(34)37-32(35)38-31(28)39/h4-18,22,26-27,29H,19-21H2,1-3H3/t26?,27-,29+/m1/s1. The summed E-state index contributed by atoms with van der Waals surface area (Å²) in [5.41, 5.74) is 2.26. The van der Waals surface area contributed by atoms with Crippen molar-refractivity contribution in [1.29, 1.82) is 0 Å². The van der Waals surface area contributed by atoms with Gasteiger partial charge in [0.2, 0.25) is 5.28 Å². The third kappa shape index (κ3) is 6.01. The van der Waals surface area contributed by atoms with Gasteiger partial charge in [0, 0.05) is 12.4 Å². The second-order valence-electron chi connectivity index (χ2n) is 11.8. The van der Waals surface area contributed by atoms with Crippen molar-refractivity contribution < 1.29 is 9.16 Å². The molecule has 0 spiro atoms. The first kappa shape index (κ1) is 30.3. The Balaban J connectivity index is 1.36. The highest BCUT2D eigenvalue weighted by Gasteiger charge is 2.51. The number of benzene rings is 3. The maximum absolute atomic E-state index is 7.37. The highest BCUT2D eigenvalue weighted by Crippen LogP contribution is 2.42. The number of thioether (sulfide) groups is 1. The van der Waals surface area contributed by atoms with Gasteiger partial charge in [-0.05, 0) is 32.6 Å². The van der Waals surface area contributed by atoms with E-state index in [0.717, 1.165) is 11.3 Å². The molecule has 5 aromatic rings. The van der Waals surface area contributed by atoms with E-state index in [2.05, 4.69) is 109 Å². The van der Waals surface area contributed by atoms with Crippen LogP contribution in [0.15, 0.2) is 97.3 Å². The Morgan fingerprint density at radius 2 is 1.49 bits per heavy atom. The molecule has 43 heavy (non-hydrogen) atoms. The summed E-state index contributed by atoms with van der Waals surface area (Å²) in [6, 6.07) is 31.7. The van der Waals surface area contributed by atoms with Gasteiger partial charge in [-0.15, -0.1) is 0 Å². The van der Waals surface area contributed by atoms with Gasteiger partial charge in [-0.25, -0.2) is 9.97 Å². The summed E-state index contributed by atoms with van der Waals surface area (Å²) in [5.74, 6) is 0.804. The molecule has 3 heterocycles. The van der Waals surface area contributed by atoms with Gasteiger partial charge in [-0.2, -0.15) is 16.7 Å². The fourth-order valence-corrected chi connectivity index (χ4v) is 12.6. The van der Waals surface area contributed by atoms with Gasteiger partial charge >= 0.3 is 0 Å². The van der Waals surface area contributed by atoms with E-state index < -0.39 is 8.32 Å². The van der Waals surface area contributed by atoms with E-state index in [9.17, 15) is 0 Å². The minimum absolute atomic E-state index is 0.0477. The van der Waals surface area contributed by atoms with Gasteiger partial charge in [-0.3, -0.25) is 0 Å². The molecule has 0 bridgehead atoms. The van der Waals surface area contributed by atoms with Crippen molar-refractivity contribution in [2.24, 2.45) is 0 Å². The van der Waals surface area contributed by atoms with E-state index in [1.165, 1.54) is 10.4 Å². The molecule has 1 saturated heterocycles. The molecular weight excluding hydrogens is 615 g/mol. The first-order valence-electron chi connectivity index (χ1n) is 14.4. The maximum Gasteiger partial charge on any atom is 0.261 e. The minimum Gasteiger partial charge on any atom is -0.406 e. The van der Waals surface area contributed by atoms with E-state index in [0.29, 0.717) is 24.4 Å². The molecule has 3 aromatic carbocycles. The predicted octanol–water partition coefficient (Wildman–Crippen LogP) is 6.95. The normalized spacial score (nSPS) is 19.2. The second kappa shape index (κ2) is 12.7. The molecule has 0 amide bonds. The van der Waals surface area contributed by atoms with Gasteiger partial charge < -0.3 is 13.7 Å². The van der Waals surface area contributed by atoms with E-state index >= 15 is 0 Å². The third-order valence-corrected chi connectivity index (χ3v) is 14.9. The molecule has 1 aliphatic heterocycles. The molecule has 2 aromatic heterocycles. The van der Waals surface area contributed by atoms with Gasteiger partial charge in [0.1, 0.15) is 5.52 Å². The number of ether oxygens (including phenoxy) is 1. The molecule has 6 nitrogen and oxygen atoms in total. The average molecular weight is 650 g/mol. The zero-order valence-electron chi connectivity index (χ0n) is 24.4. The Hall–Kier alpha value is -2.72. The summed E-state index contributed by atoms with van der Waals surface area (Å²) in [4.78, 5) is 13.1. The lowest BCUT2D eigenvalue weighted by molar-refractivity contribution is 0.00864. The van der Waals surface area contributed by atoms with Gasteiger partial charge in [0.05, 0.1) is 30.3 Å². The topological polar surface area (TPSA) is 62.1 Å². The molecule has 1 fully saturated rings. The molecule has 0 radical (unpaired) electrons. The average Bonchev–Trinajstić information content (AvgIpc) is 3.61. The number of fused-ring (bicyclic) bond motifs is 1. The van der Waals surface area contributed by atoms with Crippen molar-refractivity contribution in [3.8, 4) is 0 Å². The van der Waals surface area contributed by atoms with Crippen LogP contribution < -0.4 is 10.4 Å². The molecule has 0 N–H and O–H groups in total. The zero-order chi connectivity index (χ0) is 30.0. The number of imidazole rings is 1. The van der Waals surface area contributed by atoms with Gasteiger partial charge in [-0.1, -0.05) is 123 Å². The third-order valence-electron chi connectivity index (χ3n) is 8.10. The number of aromatic nitrogens is 4. The summed E-state index contributed by atoms with van der Waals surface area (Å²) in [5, 5.41) is 2.81. The van der Waals surface area contributed by atoms with Crippen LogP contribution in [0.2, 0.25) is 15.5 Å². The summed E-state index contributed by atoms with van der Waals surface area (Å²) in [6.45, 7) is 7.94. The van der Waals surface area contributed by atoms with Crippen LogP contribution in [0.25, 0.3) is 11.2 Å². The quantitative estimate of drug-likeness (QED) is 0.0979. The van der Waals surface area contributed by atoms with E-state index in [-0.39, 0.29) is 32.9 Å². The SMILES string of the molecule is CC(C)(C)[Si](OC[C@H]1SCC(n2cnc3c(Cl)nc(Cl)nc32)[C@@H]1OCc1ccccc1)(c1ccccc1)c1ccccc1. The lowest BCUT2D eigenvalue weighted by Gasteiger charge is -2.43. The van der Waals surface area contributed by atoms with Gasteiger partial charge in [0.25, 0.3) is 8.32 Å². The lowest BCUT2D eigenvalue weighted by Crippen LogP contribution is -2.67. The number of hydrogen-bond donors (Lipinski definition) is 0. The van der Waals surface area contributed by atoms with Crippen LogP contribution in [0, 0.1) is 0 Å². The van der Waals surface area contributed by atoms with Crippen molar-refractivity contribution in [3.05, 3.63) is 113 Å². The first-order valence-corrected chi connectivity index (χ1v) is 18.1. The summed E-state index contributed by atoms with van der Waals surface area (Å²) in [6.07, 6.45) is 1.60. The summed E-state index contributed by atoms with van der Waals surface area (Å²) < 4.78 is 16.2. The summed E-state index contributed by atoms with van der Waals surface area (Å²) in [7, 11) is -2.72. The smallest absolute Gasteiger partial charge is 0.261 e. The van der Waals surface area contributed by atoms with Crippen molar-refractivity contribution >= 4 is 64.8 Å². The fraction of sp³-hybridized carbons (Fsp3) is 0.303. The molecular formula is C33H34Cl2N4O2SSi. The monoisotopic (exact) mass is 648 g/mol. The van der Waals surface area contributed by atoms with Crippen LogP contribution in [0.4, 0.5) is 0 Å². The van der Waals surface area contributed by atoms with Gasteiger partial charge in [0.15, 0.2) is 10.8 Å². The Morgan fingerprint density at radius 1 is 0.884 bits per heavy atom. The fourth-order valence-electron chi connectivity index (χ4n) is 6.09. The highest BCUT2D eigenvalue weighted by atomic mass is 35.5. The molecule has 6 rings (SSSR count). The Kier molecular flexibility index (Phi) is 8.96. The maximum atomic E-state index is 7.37. The molecule has 0 saturated carbocycles.